The Balaban J connectivity index is 1.75. The van der Waals surface area contributed by atoms with Crippen LogP contribution >= 0.6 is 0 Å². The Labute approximate surface area is 115 Å². The highest BCUT2D eigenvalue weighted by atomic mass is 16.1. The molecule has 2 atom stereocenters. The van der Waals surface area contributed by atoms with Gasteiger partial charge in [-0.15, -0.1) is 0 Å². The quantitative estimate of drug-likeness (QED) is 0.818. The van der Waals surface area contributed by atoms with Crippen molar-refractivity contribution >= 4 is 11.6 Å². The number of anilines is 1. The molecule has 1 aromatic rings. The lowest BCUT2D eigenvalue weighted by molar-refractivity contribution is -0.122. The number of amides is 1. The van der Waals surface area contributed by atoms with E-state index in [-0.39, 0.29) is 5.91 Å². The number of nitrogen functional groups attached to an aromatic ring is 1. The summed E-state index contributed by atoms with van der Waals surface area (Å²) in [4.78, 5) is 11.9. The van der Waals surface area contributed by atoms with E-state index in [1.807, 2.05) is 24.3 Å². The first-order valence-corrected chi connectivity index (χ1v) is 7.27. The van der Waals surface area contributed by atoms with Crippen LogP contribution in [0.25, 0.3) is 0 Å². The minimum atomic E-state index is 0.168. The van der Waals surface area contributed by atoms with Crippen LogP contribution in [-0.2, 0) is 11.2 Å². The summed E-state index contributed by atoms with van der Waals surface area (Å²) in [6.45, 7) is 2.27. The predicted molar refractivity (Wildman–Crippen MR) is 78.7 cm³/mol. The Kier molecular flexibility index (Phi) is 4.83. The summed E-state index contributed by atoms with van der Waals surface area (Å²) in [5.41, 5.74) is 7.62. The minimum Gasteiger partial charge on any atom is -0.399 e. The Morgan fingerprint density at radius 3 is 3.00 bits per heavy atom. The van der Waals surface area contributed by atoms with Crippen molar-refractivity contribution in [1.29, 1.82) is 0 Å². The first-order chi connectivity index (χ1) is 9.13. The zero-order chi connectivity index (χ0) is 13.7. The number of hydrogen-bond donors (Lipinski definition) is 2. The van der Waals surface area contributed by atoms with Crippen LogP contribution in [0.1, 0.15) is 44.6 Å². The molecule has 0 radical (unpaired) electrons. The third-order valence-electron chi connectivity index (χ3n) is 3.89. The SMILES string of the molecule is CC1CCCC(NC(=O)CCc2cccc(N)c2)C1. The summed E-state index contributed by atoms with van der Waals surface area (Å²) in [6, 6.07) is 8.15. The van der Waals surface area contributed by atoms with Gasteiger partial charge < -0.3 is 11.1 Å². The average molecular weight is 260 g/mol. The predicted octanol–water partition coefficient (Wildman–Crippen LogP) is 2.90. The topological polar surface area (TPSA) is 55.1 Å². The zero-order valence-electron chi connectivity index (χ0n) is 11.7. The third kappa shape index (κ3) is 4.58. The molecule has 0 bridgehead atoms. The lowest BCUT2D eigenvalue weighted by Crippen LogP contribution is -2.38. The molecule has 0 aliphatic heterocycles. The summed E-state index contributed by atoms with van der Waals surface area (Å²) in [6.07, 6.45) is 6.11. The van der Waals surface area contributed by atoms with Gasteiger partial charge in [-0.3, -0.25) is 4.79 Å². The largest absolute Gasteiger partial charge is 0.399 e. The Morgan fingerprint density at radius 1 is 1.42 bits per heavy atom. The van der Waals surface area contributed by atoms with Gasteiger partial charge in [-0.1, -0.05) is 31.9 Å². The molecule has 0 heterocycles. The van der Waals surface area contributed by atoms with Gasteiger partial charge in [-0.2, -0.15) is 0 Å². The van der Waals surface area contributed by atoms with Crippen molar-refractivity contribution in [3.8, 4) is 0 Å². The van der Waals surface area contributed by atoms with Gasteiger partial charge in [0.1, 0.15) is 0 Å². The van der Waals surface area contributed by atoms with Gasteiger partial charge in [-0.25, -0.2) is 0 Å². The molecule has 19 heavy (non-hydrogen) atoms. The van der Waals surface area contributed by atoms with E-state index in [1.54, 1.807) is 0 Å². The number of benzene rings is 1. The third-order valence-corrected chi connectivity index (χ3v) is 3.89. The van der Waals surface area contributed by atoms with Crippen molar-refractivity contribution < 1.29 is 4.79 Å². The number of rotatable bonds is 4. The molecule has 3 N–H and O–H groups in total. The molecule has 1 aliphatic carbocycles. The van der Waals surface area contributed by atoms with Crippen molar-refractivity contribution in [2.24, 2.45) is 5.92 Å². The maximum absolute atomic E-state index is 11.9. The normalized spacial score (nSPS) is 23.0. The van der Waals surface area contributed by atoms with Crippen LogP contribution in [0, 0.1) is 5.92 Å². The Bertz CT molecular complexity index is 431. The van der Waals surface area contributed by atoms with E-state index in [1.165, 1.54) is 12.8 Å². The number of hydrogen-bond acceptors (Lipinski definition) is 2. The van der Waals surface area contributed by atoms with Gasteiger partial charge in [0.15, 0.2) is 0 Å². The van der Waals surface area contributed by atoms with E-state index < -0.39 is 0 Å². The minimum absolute atomic E-state index is 0.168. The van der Waals surface area contributed by atoms with Crippen LogP contribution in [0.4, 0.5) is 5.69 Å². The monoisotopic (exact) mass is 260 g/mol. The van der Waals surface area contributed by atoms with Gasteiger partial charge in [0.05, 0.1) is 0 Å². The second-order valence-corrected chi connectivity index (χ2v) is 5.78. The Hall–Kier alpha value is -1.51. The highest BCUT2D eigenvalue weighted by Crippen LogP contribution is 2.23. The van der Waals surface area contributed by atoms with Crippen LogP contribution in [0.5, 0.6) is 0 Å². The van der Waals surface area contributed by atoms with Gasteiger partial charge in [0.2, 0.25) is 5.91 Å². The molecule has 3 heteroatoms. The van der Waals surface area contributed by atoms with Crippen LogP contribution in [-0.4, -0.2) is 11.9 Å². The number of aryl methyl sites for hydroxylation is 1. The van der Waals surface area contributed by atoms with Gasteiger partial charge >= 0.3 is 0 Å². The van der Waals surface area contributed by atoms with Crippen molar-refractivity contribution in [3.63, 3.8) is 0 Å². The summed E-state index contributed by atoms with van der Waals surface area (Å²) in [5.74, 6) is 0.912. The number of carbonyl (C=O) groups excluding carboxylic acids is 1. The molecule has 0 spiro atoms. The van der Waals surface area contributed by atoms with E-state index in [2.05, 4.69) is 12.2 Å². The van der Waals surface area contributed by atoms with Gasteiger partial charge in [0.25, 0.3) is 0 Å². The summed E-state index contributed by atoms with van der Waals surface area (Å²) in [5, 5.41) is 3.16. The molecule has 1 amide bonds. The second-order valence-electron chi connectivity index (χ2n) is 5.78. The molecule has 1 fully saturated rings. The van der Waals surface area contributed by atoms with E-state index >= 15 is 0 Å². The maximum Gasteiger partial charge on any atom is 0.220 e. The lowest BCUT2D eigenvalue weighted by atomic mass is 9.87. The Morgan fingerprint density at radius 2 is 2.26 bits per heavy atom. The molecule has 1 aliphatic rings. The molecule has 104 valence electrons. The van der Waals surface area contributed by atoms with Crippen molar-refractivity contribution in [1.82, 2.24) is 5.32 Å². The molecular formula is C16H24N2O. The summed E-state index contributed by atoms with van der Waals surface area (Å²) < 4.78 is 0. The highest BCUT2D eigenvalue weighted by Gasteiger charge is 2.20. The van der Waals surface area contributed by atoms with Crippen LogP contribution in [0.3, 0.4) is 0 Å². The number of carbonyl (C=O) groups is 1. The molecule has 0 saturated heterocycles. The fourth-order valence-electron chi connectivity index (χ4n) is 2.87. The van der Waals surface area contributed by atoms with Crippen LogP contribution < -0.4 is 11.1 Å². The lowest BCUT2D eigenvalue weighted by Gasteiger charge is -2.27. The van der Waals surface area contributed by atoms with Gasteiger partial charge in [-0.05, 0) is 42.9 Å². The van der Waals surface area contributed by atoms with Crippen molar-refractivity contribution in [3.05, 3.63) is 29.8 Å². The number of nitrogens with two attached hydrogens (primary N) is 1. The van der Waals surface area contributed by atoms with Crippen molar-refractivity contribution in [2.75, 3.05) is 5.73 Å². The maximum atomic E-state index is 11.9. The van der Waals surface area contributed by atoms with Gasteiger partial charge in [0, 0.05) is 18.2 Å². The van der Waals surface area contributed by atoms with Crippen LogP contribution in [0.15, 0.2) is 24.3 Å². The molecule has 2 unspecified atom stereocenters. The molecular weight excluding hydrogens is 236 g/mol. The molecule has 2 rings (SSSR count). The first kappa shape index (κ1) is 13.9. The van der Waals surface area contributed by atoms with Crippen molar-refractivity contribution in [2.45, 2.75) is 51.5 Å². The first-order valence-electron chi connectivity index (χ1n) is 7.27. The number of nitrogens with one attached hydrogen (secondary N) is 1. The van der Waals surface area contributed by atoms with E-state index in [9.17, 15) is 4.79 Å². The van der Waals surface area contributed by atoms with E-state index in [0.29, 0.717) is 12.5 Å². The zero-order valence-corrected chi connectivity index (χ0v) is 11.7. The molecule has 1 saturated carbocycles. The smallest absolute Gasteiger partial charge is 0.220 e. The summed E-state index contributed by atoms with van der Waals surface area (Å²) in [7, 11) is 0. The average Bonchev–Trinajstić information content (AvgIpc) is 2.36. The fourth-order valence-corrected chi connectivity index (χ4v) is 2.87. The van der Waals surface area contributed by atoms with E-state index in [0.717, 1.165) is 36.4 Å². The van der Waals surface area contributed by atoms with E-state index in [4.69, 9.17) is 5.73 Å². The molecule has 0 aromatic heterocycles. The molecule has 1 aromatic carbocycles. The highest BCUT2D eigenvalue weighted by molar-refractivity contribution is 5.76. The fraction of sp³-hybridized carbons (Fsp3) is 0.562. The van der Waals surface area contributed by atoms with Crippen LogP contribution in [0.2, 0.25) is 0 Å². The second kappa shape index (κ2) is 6.60. The molecule has 3 nitrogen and oxygen atoms in total. The summed E-state index contributed by atoms with van der Waals surface area (Å²) >= 11 is 0. The standard InChI is InChI=1S/C16H24N2O/c1-12-4-2-7-15(10-12)18-16(19)9-8-13-5-3-6-14(17)11-13/h3,5-6,11-12,15H,2,4,7-10,17H2,1H3,(H,18,19).